The highest BCUT2D eigenvalue weighted by Gasteiger charge is 2.59. The number of aryl methyl sites for hydroxylation is 1. The number of benzene rings is 2. The van der Waals surface area contributed by atoms with E-state index in [9.17, 15) is 31.1 Å². The van der Waals surface area contributed by atoms with Gasteiger partial charge in [0.1, 0.15) is 17.3 Å². The first kappa shape index (κ1) is 16.4. The lowest BCUT2D eigenvalue weighted by atomic mass is 9.79. The van der Waals surface area contributed by atoms with Gasteiger partial charge in [0.15, 0.2) is 0 Å². The molecule has 0 fully saturated rings. The van der Waals surface area contributed by atoms with E-state index in [2.05, 4.69) is 0 Å². The van der Waals surface area contributed by atoms with Crippen LogP contribution in [0.1, 0.15) is 27.0 Å². The predicted octanol–water partition coefficient (Wildman–Crippen LogP) is 5.23. The molecule has 24 heavy (non-hydrogen) atoms. The van der Waals surface area contributed by atoms with Crippen LogP contribution in [0.25, 0.3) is 0 Å². The second-order valence-corrected chi connectivity index (χ2v) is 5.33. The molecular weight excluding hydrogens is 338 g/mol. The zero-order chi connectivity index (χ0) is 17.9. The average molecular weight is 346 g/mol. The SMILES string of the molecule is Cc1cc(F)cc(Oc2ccc(C(F)(F)F)c3c2C(F)(F)C3=O)c1. The van der Waals surface area contributed by atoms with Gasteiger partial charge in [-0.15, -0.1) is 0 Å². The fourth-order valence-corrected chi connectivity index (χ4v) is 2.55. The van der Waals surface area contributed by atoms with Crippen LogP contribution in [-0.4, -0.2) is 5.78 Å². The fourth-order valence-electron chi connectivity index (χ4n) is 2.55. The monoisotopic (exact) mass is 346 g/mol. The number of fused-ring (bicyclic) bond motifs is 1. The molecule has 0 spiro atoms. The minimum absolute atomic E-state index is 0.162. The van der Waals surface area contributed by atoms with E-state index in [0.717, 1.165) is 12.1 Å². The topological polar surface area (TPSA) is 26.3 Å². The lowest BCUT2D eigenvalue weighted by Crippen LogP contribution is -2.41. The molecule has 0 heterocycles. The summed E-state index contributed by atoms with van der Waals surface area (Å²) in [4.78, 5) is 11.4. The summed E-state index contributed by atoms with van der Waals surface area (Å²) in [5.74, 6) is -7.46. The van der Waals surface area contributed by atoms with Crippen LogP contribution >= 0.6 is 0 Å². The van der Waals surface area contributed by atoms with Crippen molar-refractivity contribution < 1.29 is 35.9 Å². The summed E-state index contributed by atoms with van der Waals surface area (Å²) in [7, 11) is 0. The van der Waals surface area contributed by atoms with Crippen LogP contribution in [0.5, 0.6) is 11.5 Å². The average Bonchev–Trinajstić information content (AvgIpc) is 2.43. The van der Waals surface area contributed by atoms with E-state index in [0.29, 0.717) is 17.7 Å². The van der Waals surface area contributed by atoms with E-state index in [4.69, 9.17) is 4.74 Å². The standard InChI is InChI=1S/C16H8F6O2/c1-7-4-8(17)6-9(5-7)24-11-3-2-10(16(20,21)22)12-13(11)15(18,19)14(12)23/h2-6H,1H3. The quantitative estimate of drug-likeness (QED) is 0.696. The summed E-state index contributed by atoms with van der Waals surface area (Å²) in [6.07, 6.45) is -4.95. The second-order valence-electron chi connectivity index (χ2n) is 5.33. The van der Waals surface area contributed by atoms with E-state index in [-0.39, 0.29) is 5.75 Å². The molecule has 2 aromatic carbocycles. The van der Waals surface area contributed by atoms with Gasteiger partial charge in [-0.2, -0.15) is 22.0 Å². The van der Waals surface area contributed by atoms with Gasteiger partial charge in [0.2, 0.25) is 5.78 Å². The number of rotatable bonds is 2. The molecule has 0 unspecified atom stereocenters. The Morgan fingerprint density at radius 1 is 1.08 bits per heavy atom. The highest BCUT2D eigenvalue weighted by atomic mass is 19.4. The maximum Gasteiger partial charge on any atom is 0.417 e. The van der Waals surface area contributed by atoms with Gasteiger partial charge in [-0.1, -0.05) is 0 Å². The largest absolute Gasteiger partial charge is 0.457 e. The molecule has 0 amide bonds. The molecule has 1 aliphatic carbocycles. The van der Waals surface area contributed by atoms with Gasteiger partial charge in [-0.3, -0.25) is 4.79 Å². The van der Waals surface area contributed by atoms with Gasteiger partial charge < -0.3 is 4.74 Å². The normalized spacial score (nSPS) is 15.7. The molecule has 3 rings (SSSR count). The predicted molar refractivity (Wildman–Crippen MR) is 70.9 cm³/mol. The third-order valence-corrected chi connectivity index (χ3v) is 3.54. The van der Waals surface area contributed by atoms with E-state index in [1.54, 1.807) is 0 Å². The van der Waals surface area contributed by atoms with Crippen molar-refractivity contribution in [1.29, 1.82) is 0 Å². The van der Waals surface area contributed by atoms with Crippen LogP contribution in [0.15, 0.2) is 30.3 Å². The van der Waals surface area contributed by atoms with Gasteiger partial charge >= 0.3 is 12.1 Å². The number of halogens is 6. The molecule has 0 saturated heterocycles. The molecule has 0 atom stereocenters. The Morgan fingerprint density at radius 3 is 2.33 bits per heavy atom. The van der Waals surface area contributed by atoms with Gasteiger partial charge in [0.25, 0.3) is 0 Å². The van der Waals surface area contributed by atoms with E-state index < -0.39 is 46.1 Å². The summed E-state index contributed by atoms with van der Waals surface area (Å²) in [6.45, 7) is 1.53. The molecule has 2 aromatic rings. The molecule has 0 N–H and O–H groups in total. The Balaban J connectivity index is 2.13. The second kappa shape index (κ2) is 4.99. The van der Waals surface area contributed by atoms with Gasteiger partial charge in [0.05, 0.1) is 16.7 Å². The summed E-state index contributed by atoms with van der Waals surface area (Å²) in [6, 6.07) is 4.58. The van der Waals surface area contributed by atoms with Crippen LogP contribution in [0.3, 0.4) is 0 Å². The number of ketones is 1. The molecule has 1 aliphatic rings. The lowest BCUT2D eigenvalue weighted by molar-refractivity contribution is -0.139. The summed E-state index contributed by atoms with van der Waals surface area (Å²) in [5.41, 5.74) is -3.27. The smallest absolute Gasteiger partial charge is 0.417 e. The number of hydrogen-bond donors (Lipinski definition) is 0. The molecule has 126 valence electrons. The molecule has 8 heteroatoms. The van der Waals surface area contributed by atoms with Crippen LogP contribution in [0.2, 0.25) is 0 Å². The van der Waals surface area contributed by atoms with Crippen molar-refractivity contribution >= 4 is 5.78 Å². The van der Waals surface area contributed by atoms with Crippen molar-refractivity contribution in [2.45, 2.75) is 19.0 Å². The molecule has 2 nitrogen and oxygen atoms in total. The van der Waals surface area contributed by atoms with Crippen molar-refractivity contribution in [3.8, 4) is 11.5 Å². The Labute approximate surface area is 131 Å². The van der Waals surface area contributed by atoms with Crippen LogP contribution in [0.4, 0.5) is 26.3 Å². The molecule has 0 aliphatic heterocycles. The van der Waals surface area contributed by atoms with Crippen molar-refractivity contribution in [2.75, 3.05) is 0 Å². The number of carbonyl (C=O) groups is 1. The van der Waals surface area contributed by atoms with E-state index >= 15 is 0 Å². The molecular formula is C16H8F6O2. The van der Waals surface area contributed by atoms with Crippen molar-refractivity contribution in [2.24, 2.45) is 0 Å². The van der Waals surface area contributed by atoms with Gasteiger partial charge in [0, 0.05) is 6.07 Å². The number of ether oxygens (including phenoxy) is 1. The highest BCUT2D eigenvalue weighted by Crippen LogP contribution is 2.53. The third kappa shape index (κ3) is 2.42. The Kier molecular flexibility index (Phi) is 3.40. The number of alkyl halides is 5. The summed E-state index contributed by atoms with van der Waals surface area (Å²) in [5, 5.41) is 0. The zero-order valence-electron chi connectivity index (χ0n) is 12.0. The Morgan fingerprint density at radius 2 is 1.75 bits per heavy atom. The first-order chi connectivity index (χ1) is 11.0. The maximum absolute atomic E-state index is 13.7. The summed E-state index contributed by atoms with van der Waals surface area (Å²) < 4.78 is 84.5. The van der Waals surface area contributed by atoms with Crippen molar-refractivity contribution in [1.82, 2.24) is 0 Å². The highest BCUT2D eigenvalue weighted by molar-refractivity contribution is 6.13. The Bertz CT molecular complexity index is 834. The van der Waals surface area contributed by atoms with Crippen molar-refractivity contribution in [3.63, 3.8) is 0 Å². The number of Topliss-reactive ketones (excluding diaryl/α,β-unsaturated/α-hetero) is 1. The lowest BCUT2D eigenvalue weighted by Gasteiger charge is -2.32. The van der Waals surface area contributed by atoms with E-state index in [1.165, 1.54) is 13.0 Å². The first-order valence-electron chi connectivity index (χ1n) is 6.64. The van der Waals surface area contributed by atoms with Crippen LogP contribution in [-0.2, 0) is 12.1 Å². The van der Waals surface area contributed by atoms with E-state index in [1.807, 2.05) is 0 Å². The van der Waals surface area contributed by atoms with Gasteiger partial charge in [-0.05, 0) is 36.8 Å². The van der Waals surface area contributed by atoms with Gasteiger partial charge in [-0.25, -0.2) is 4.39 Å². The number of carbonyl (C=O) groups excluding carboxylic acids is 1. The fraction of sp³-hybridized carbons (Fsp3) is 0.188. The minimum Gasteiger partial charge on any atom is -0.457 e. The molecule has 0 radical (unpaired) electrons. The third-order valence-electron chi connectivity index (χ3n) is 3.54. The first-order valence-corrected chi connectivity index (χ1v) is 6.64. The molecule has 0 bridgehead atoms. The van der Waals surface area contributed by atoms with Crippen LogP contribution < -0.4 is 4.74 Å². The number of hydrogen-bond acceptors (Lipinski definition) is 2. The maximum atomic E-state index is 13.7. The zero-order valence-corrected chi connectivity index (χ0v) is 12.0. The minimum atomic E-state index is -4.95. The Hall–Kier alpha value is -2.51. The molecule has 0 aromatic heterocycles. The molecule has 0 saturated carbocycles. The summed E-state index contributed by atoms with van der Waals surface area (Å²) >= 11 is 0. The van der Waals surface area contributed by atoms with Crippen molar-refractivity contribution in [3.05, 3.63) is 58.4 Å². The van der Waals surface area contributed by atoms with Crippen LogP contribution in [0, 0.1) is 12.7 Å².